The number of fused-ring (bicyclic) bond motifs is 1. The molecule has 98 valence electrons. The molecule has 2 rings (SSSR count). The summed E-state index contributed by atoms with van der Waals surface area (Å²) in [4.78, 5) is 13.4. The van der Waals surface area contributed by atoms with E-state index in [9.17, 15) is 4.79 Å². The third kappa shape index (κ3) is 3.67. The van der Waals surface area contributed by atoms with Crippen LogP contribution in [0.15, 0.2) is 24.3 Å². The molecule has 1 aromatic rings. The van der Waals surface area contributed by atoms with Crippen molar-refractivity contribution in [1.82, 2.24) is 4.90 Å². The number of benzene rings is 1. The first-order valence-corrected chi connectivity index (χ1v) is 6.64. The normalized spacial score (nSPS) is 15.2. The van der Waals surface area contributed by atoms with Gasteiger partial charge >= 0.3 is 6.09 Å². The van der Waals surface area contributed by atoms with E-state index in [-0.39, 0.29) is 6.61 Å². The summed E-state index contributed by atoms with van der Waals surface area (Å²) < 4.78 is 3.39. The van der Waals surface area contributed by atoms with E-state index in [1.807, 2.05) is 18.2 Å². The first kappa shape index (κ1) is 13.8. The van der Waals surface area contributed by atoms with Crippen LogP contribution in [0.1, 0.15) is 11.1 Å². The van der Waals surface area contributed by atoms with Gasteiger partial charge in [-0.15, -0.1) is 0 Å². The Kier molecular flexibility index (Phi) is 4.25. The summed E-state index contributed by atoms with van der Waals surface area (Å²) in [5.74, 6) is 0. The molecule has 0 spiro atoms. The molecular formula is C12H12Cl3NO2. The number of amides is 1. The third-order valence-corrected chi connectivity index (χ3v) is 3.08. The van der Waals surface area contributed by atoms with Gasteiger partial charge in [0, 0.05) is 13.1 Å². The van der Waals surface area contributed by atoms with Gasteiger partial charge in [0.05, 0.1) is 0 Å². The molecule has 0 fully saturated rings. The fourth-order valence-electron chi connectivity index (χ4n) is 1.89. The van der Waals surface area contributed by atoms with Gasteiger partial charge in [0.2, 0.25) is 3.79 Å². The van der Waals surface area contributed by atoms with Gasteiger partial charge < -0.3 is 9.64 Å². The molecule has 0 N–H and O–H groups in total. The molecular weight excluding hydrogens is 296 g/mol. The summed E-state index contributed by atoms with van der Waals surface area (Å²) in [7, 11) is 0. The lowest BCUT2D eigenvalue weighted by atomic mass is 10.0. The fraction of sp³-hybridized carbons (Fsp3) is 0.417. The highest BCUT2D eigenvalue weighted by Crippen LogP contribution is 2.26. The Balaban J connectivity index is 1.95. The smallest absolute Gasteiger partial charge is 0.410 e. The van der Waals surface area contributed by atoms with Gasteiger partial charge in [-0.05, 0) is 17.5 Å². The molecule has 1 aromatic carbocycles. The van der Waals surface area contributed by atoms with E-state index in [2.05, 4.69) is 6.07 Å². The topological polar surface area (TPSA) is 29.5 Å². The van der Waals surface area contributed by atoms with E-state index in [1.165, 1.54) is 5.56 Å². The second-order valence-corrected chi connectivity index (χ2v) is 6.63. The Bertz CT molecular complexity index is 445. The van der Waals surface area contributed by atoms with Crippen LogP contribution in [0.5, 0.6) is 0 Å². The molecule has 18 heavy (non-hydrogen) atoms. The molecule has 1 heterocycles. The number of rotatable bonds is 1. The first-order valence-electron chi connectivity index (χ1n) is 5.51. The van der Waals surface area contributed by atoms with Gasteiger partial charge in [-0.25, -0.2) is 4.79 Å². The zero-order valence-corrected chi connectivity index (χ0v) is 11.8. The monoisotopic (exact) mass is 307 g/mol. The van der Waals surface area contributed by atoms with Crippen molar-refractivity contribution < 1.29 is 9.53 Å². The molecule has 3 nitrogen and oxygen atoms in total. The second-order valence-electron chi connectivity index (χ2n) is 4.11. The lowest BCUT2D eigenvalue weighted by Crippen LogP contribution is -2.37. The van der Waals surface area contributed by atoms with Crippen molar-refractivity contribution in [2.75, 3.05) is 13.2 Å². The summed E-state index contributed by atoms with van der Waals surface area (Å²) in [6, 6.07) is 8.02. The lowest BCUT2D eigenvalue weighted by molar-refractivity contribution is 0.0994. The number of ether oxygens (including phenoxy) is 1. The summed E-state index contributed by atoms with van der Waals surface area (Å²) in [5.41, 5.74) is 2.40. The van der Waals surface area contributed by atoms with Crippen LogP contribution in [0, 0.1) is 0 Å². The van der Waals surface area contributed by atoms with Gasteiger partial charge in [-0.2, -0.15) is 0 Å². The maximum absolute atomic E-state index is 11.8. The molecule has 0 aromatic heterocycles. The number of nitrogens with zero attached hydrogens (tertiary/aromatic N) is 1. The molecule has 0 aliphatic carbocycles. The maximum atomic E-state index is 11.8. The predicted molar refractivity (Wildman–Crippen MR) is 72.2 cm³/mol. The van der Waals surface area contributed by atoms with Crippen molar-refractivity contribution in [3.8, 4) is 0 Å². The Hall–Kier alpha value is -0.640. The molecule has 0 radical (unpaired) electrons. The summed E-state index contributed by atoms with van der Waals surface area (Å²) in [5, 5.41) is 0. The van der Waals surface area contributed by atoms with Crippen LogP contribution in [-0.2, 0) is 17.7 Å². The highest BCUT2D eigenvalue weighted by Gasteiger charge is 2.26. The van der Waals surface area contributed by atoms with Gasteiger partial charge in [-0.1, -0.05) is 59.1 Å². The van der Waals surface area contributed by atoms with Crippen molar-refractivity contribution in [1.29, 1.82) is 0 Å². The number of alkyl halides is 3. The fourth-order valence-corrected chi connectivity index (χ4v) is 2.05. The zero-order chi connectivity index (χ0) is 13.2. The van der Waals surface area contributed by atoms with Crippen molar-refractivity contribution >= 4 is 40.9 Å². The first-order chi connectivity index (χ1) is 8.46. The Morgan fingerprint density at radius 3 is 2.61 bits per heavy atom. The lowest BCUT2D eigenvalue weighted by Gasteiger charge is -2.28. The van der Waals surface area contributed by atoms with Crippen LogP contribution >= 0.6 is 34.8 Å². The Morgan fingerprint density at radius 1 is 1.28 bits per heavy atom. The summed E-state index contributed by atoms with van der Waals surface area (Å²) in [6.45, 7) is 0.916. The second kappa shape index (κ2) is 5.55. The van der Waals surface area contributed by atoms with Crippen molar-refractivity contribution in [3.05, 3.63) is 35.4 Å². The molecule has 0 unspecified atom stereocenters. The van der Waals surface area contributed by atoms with E-state index in [1.54, 1.807) is 4.90 Å². The highest BCUT2D eigenvalue weighted by molar-refractivity contribution is 6.67. The van der Waals surface area contributed by atoms with E-state index < -0.39 is 9.89 Å². The molecule has 1 amide bonds. The van der Waals surface area contributed by atoms with Gasteiger partial charge in [0.15, 0.2) is 0 Å². The minimum atomic E-state index is -1.57. The highest BCUT2D eigenvalue weighted by atomic mass is 35.6. The number of hydrogen-bond acceptors (Lipinski definition) is 2. The predicted octanol–water partition coefficient (Wildman–Crippen LogP) is 3.55. The van der Waals surface area contributed by atoms with E-state index in [0.29, 0.717) is 13.1 Å². The standard InChI is InChI=1S/C12H12Cl3NO2/c13-12(14,15)8-18-11(17)16-6-5-9-3-1-2-4-10(9)7-16/h1-4H,5-8H2. The molecule has 0 bridgehead atoms. The van der Waals surface area contributed by atoms with Gasteiger partial charge in [0.1, 0.15) is 6.61 Å². The molecule has 1 aliphatic rings. The van der Waals surface area contributed by atoms with Crippen molar-refractivity contribution in [2.24, 2.45) is 0 Å². The number of carbonyl (C=O) groups is 1. The van der Waals surface area contributed by atoms with E-state index >= 15 is 0 Å². The maximum Gasteiger partial charge on any atom is 0.410 e. The minimum absolute atomic E-state index is 0.241. The van der Waals surface area contributed by atoms with E-state index in [0.717, 1.165) is 12.0 Å². The molecule has 0 saturated carbocycles. The number of halogens is 3. The van der Waals surface area contributed by atoms with Gasteiger partial charge in [0.25, 0.3) is 0 Å². The number of carbonyl (C=O) groups excluding carboxylic acids is 1. The Morgan fingerprint density at radius 2 is 1.94 bits per heavy atom. The quantitative estimate of drug-likeness (QED) is 0.743. The average molecular weight is 309 g/mol. The van der Waals surface area contributed by atoms with Crippen LogP contribution in [0.25, 0.3) is 0 Å². The minimum Gasteiger partial charge on any atom is -0.445 e. The summed E-state index contributed by atoms with van der Waals surface area (Å²) >= 11 is 16.6. The largest absolute Gasteiger partial charge is 0.445 e. The van der Waals surface area contributed by atoms with Crippen molar-refractivity contribution in [3.63, 3.8) is 0 Å². The molecule has 0 atom stereocenters. The van der Waals surface area contributed by atoms with Crippen LogP contribution in [0.3, 0.4) is 0 Å². The molecule has 0 saturated heterocycles. The number of hydrogen-bond donors (Lipinski definition) is 0. The summed E-state index contributed by atoms with van der Waals surface area (Å²) in [6.07, 6.45) is 0.370. The zero-order valence-electron chi connectivity index (χ0n) is 9.54. The van der Waals surface area contributed by atoms with Crippen molar-refractivity contribution in [2.45, 2.75) is 16.8 Å². The van der Waals surface area contributed by atoms with Crippen LogP contribution in [-0.4, -0.2) is 27.9 Å². The molecule has 6 heteroatoms. The molecule has 1 aliphatic heterocycles. The van der Waals surface area contributed by atoms with Crippen LogP contribution in [0.4, 0.5) is 4.79 Å². The van der Waals surface area contributed by atoms with E-state index in [4.69, 9.17) is 39.5 Å². The SMILES string of the molecule is O=C(OCC(Cl)(Cl)Cl)N1CCc2ccccc2C1. The van der Waals surface area contributed by atoms with Crippen LogP contribution < -0.4 is 0 Å². The average Bonchev–Trinajstić information content (AvgIpc) is 2.34. The van der Waals surface area contributed by atoms with Gasteiger partial charge in [-0.3, -0.25) is 0 Å². The third-order valence-electron chi connectivity index (χ3n) is 2.75. The van der Waals surface area contributed by atoms with Crippen LogP contribution in [0.2, 0.25) is 0 Å². The Labute approximate surface area is 121 Å².